The van der Waals surface area contributed by atoms with Crippen LogP contribution in [-0.4, -0.2) is 33.3 Å². The van der Waals surface area contributed by atoms with Crippen LogP contribution >= 0.6 is 0 Å². The molecule has 0 amide bonds. The van der Waals surface area contributed by atoms with E-state index in [1.807, 2.05) is 6.07 Å². The van der Waals surface area contributed by atoms with Gasteiger partial charge in [-0.25, -0.2) is 0 Å². The average Bonchev–Trinajstić information content (AvgIpc) is 3.00. The fourth-order valence-electron chi connectivity index (χ4n) is 5.20. The molecule has 1 aliphatic rings. The van der Waals surface area contributed by atoms with Crippen LogP contribution < -0.4 is 0 Å². The molecule has 0 spiro atoms. The van der Waals surface area contributed by atoms with E-state index >= 15 is 0 Å². The van der Waals surface area contributed by atoms with Crippen LogP contribution in [0.5, 0.6) is 0 Å². The molecule has 1 fully saturated rings. The van der Waals surface area contributed by atoms with Crippen molar-refractivity contribution in [3.63, 3.8) is 0 Å². The fourth-order valence-corrected chi connectivity index (χ4v) is 5.20. The summed E-state index contributed by atoms with van der Waals surface area (Å²) in [6.07, 6.45) is 5.79. The Balaban J connectivity index is 1.52. The largest absolute Gasteiger partial charge is 0.393 e. The standard InChI is InChI=1S/C27H38O4/c1-18-9-10-21-16-22(12-11-20(21)15-18)25(29)14-13-24-23(26(30)17-27(24)31)8-6-4-3-5-7-19(2)28/h9-12,15-16,23-27,29-31H,3-8,13-14,17H2,1-2H3/t23-,24-,25?,26+,27-/m1/s1. The number of hydrogen-bond donors (Lipinski definition) is 3. The molecule has 4 heteroatoms. The van der Waals surface area contributed by atoms with Gasteiger partial charge in [-0.05, 0) is 80.2 Å². The van der Waals surface area contributed by atoms with Gasteiger partial charge in [0.25, 0.3) is 0 Å². The molecule has 0 aliphatic heterocycles. The lowest BCUT2D eigenvalue weighted by Gasteiger charge is -2.25. The zero-order chi connectivity index (χ0) is 22.4. The molecule has 0 bridgehead atoms. The number of aryl methyl sites for hydroxylation is 1. The van der Waals surface area contributed by atoms with E-state index in [1.54, 1.807) is 6.92 Å². The highest BCUT2D eigenvalue weighted by molar-refractivity contribution is 5.83. The Hall–Kier alpha value is -1.75. The minimum atomic E-state index is -0.567. The third-order valence-electron chi connectivity index (χ3n) is 7.02. The van der Waals surface area contributed by atoms with Crippen LogP contribution in [0.4, 0.5) is 0 Å². The second kappa shape index (κ2) is 11.2. The van der Waals surface area contributed by atoms with Crippen molar-refractivity contribution in [1.82, 2.24) is 0 Å². The van der Waals surface area contributed by atoms with Gasteiger partial charge < -0.3 is 20.1 Å². The Morgan fingerprint density at radius 2 is 1.58 bits per heavy atom. The first kappa shape index (κ1) is 23.9. The van der Waals surface area contributed by atoms with Crippen LogP contribution in [-0.2, 0) is 4.79 Å². The van der Waals surface area contributed by atoms with Gasteiger partial charge >= 0.3 is 0 Å². The summed E-state index contributed by atoms with van der Waals surface area (Å²) in [5, 5.41) is 34.0. The molecule has 0 saturated heterocycles. The number of rotatable bonds is 11. The molecule has 2 aromatic carbocycles. The number of Topliss-reactive ketones (excluding diaryl/α,β-unsaturated/α-hetero) is 1. The predicted molar refractivity (Wildman–Crippen MR) is 125 cm³/mol. The maximum Gasteiger partial charge on any atom is 0.129 e. The lowest BCUT2D eigenvalue weighted by Crippen LogP contribution is -2.23. The summed E-state index contributed by atoms with van der Waals surface area (Å²) in [6, 6.07) is 12.4. The van der Waals surface area contributed by atoms with Crippen molar-refractivity contribution < 1.29 is 20.1 Å². The summed E-state index contributed by atoms with van der Waals surface area (Å²) < 4.78 is 0. The Labute approximate surface area is 186 Å². The van der Waals surface area contributed by atoms with Gasteiger partial charge in [-0.2, -0.15) is 0 Å². The molecule has 1 saturated carbocycles. The first-order chi connectivity index (χ1) is 14.8. The van der Waals surface area contributed by atoms with Gasteiger partial charge in [0.05, 0.1) is 18.3 Å². The van der Waals surface area contributed by atoms with E-state index in [-0.39, 0.29) is 17.6 Å². The molecule has 31 heavy (non-hydrogen) atoms. The minimum absolute atomic E-state index is 0.0324. The summed E-state index contributed by atoms with van der Waals surface area (Å²) >= 11 is 0. The Bertz CT molecular complexity index is 861. The van der Waals surface area contributed by atoms with Crippen molar-refractivity contribution in [2.24, 2.45) is 11.8 Å². The van der Waals surface area contributed by atoms with Crippen molar-refractivity contribution >= 4 is 16.6 Å². The van der Waals surface area contributed by atoms with Crippen LogP contribution in [0.3, 0.4) is 0 Å². The average molecular weight is 427 g/mol. The van der Waals surface area contributed by atoms with Crippen LogP contribution in [0, 0.1) is 18.8 Å². The van der Waals surface area contributed by atoms with Crippen LogP contribution in [0.1, 0.15) is 81.9 Å². The number of hydrogen-bond acceptors (Lipinski definition) is 4. The number of ketones is 1. The van der Waals surface area contributed by atoms with Crippen LogP contribution in [0.25, 0.3) is 10.8 Å². The monoisotopic (exact) mass is 426 g/mol. The predicted octanol–water partition coefficient (Wildman–Crippen LogP) is 5.25. The lowest BCUT2D eigenvalue weighted by molar-refractivity contribution is -0.117. The van der Waals surface area contributed by atoms with Gasteiger partial charge in [-0.3, -0.25) is 0 Å². The topological polar surface area (TPSA) is 77.8 Å². The van der Waals surface area contributed by atoms with E-state index in [1.165, 1.54) is 10.9 Å². The molecule has 5 atom stereocenters. The highest BCUT2D eigenvalue weighted by Crippen LogP contribution is 2.40. The zero-order valence-corrected chi connectivity index (χ0v) is 19.0. The zero-order valence-electron chi connectivity index (χ0n) is 19.0. The summed E-state index contributed by atoms with van der Waals surface area (Å²) in [5.41, 5.74) is 2.13. The summed E-state index contributed by atoms with van der Waals surface area (Å²) in [7, 11) is 0. The first-order valence-corrected chi connectivity index (χ1v) is 11.9. The highest BCUT2D eigenvalue weighted by Gasteiger charge is 2.40. The van der Waals surface area contributed by atoms with E-state index in [2.05, 4.69) is 37.3 Å². The lowest BCUT2D eigenvalue weighted by atomic mass is 9.84. The first-order valence-electron chi connectivity index (χ1n) is 11.9. The molecule has 1 aliphatic carbocycles. The number of carbonyl (C=O) groups excluding carboxylic acids is 1. The second-order valence-electron chi connectivity index (χ2n) is 9.56. The van der Waals surface area contributed by atoms with E-state index in [9.17, 15) is 20.1 Å². The highest BCUT2D eigenvalue weighted by atomic mass is 16.3. The van der Waals surface area contributed by atoms with Crippen LogP contribution in [0.15, 0.2) is 36.4 Å². The van der Waals surface area contributed by atoms with Crippen molar-refractivity contribution in [3.05, 3.63) is 47.5 Å². The van der Waals surface area contributed by atoms with Gasteiger partial charge in [-0.1, -0.05) is 55.2 Å². The fraction of sp³-hybridized carbons (Fsp3) is 0.593. The summed E-state index contributed by atoms with van der Waals surface area (Å²) in [6.45, 7) is 3.71. The van der Waals surface area contributed by atoms with Gasteiger partial charge in [0.2, 0.25) is 0 Å². The van der Waals surface area contributed by atoms with Crippen molar-refractivity contribution in [1.29, 1.82) is 0 Å². The second-order valence-corrected chi connectivity index (χ2v) is 9.56. The van der Waals surface area contributed by atoms with Gasteiger partial charge in [0.15, 0.2) is 0 Å². The number of unbranched alkanes of at least 4 members (excludes halogenated alkanes) is 3. The quantitative estimate of drug-likeness (QED) is 0.429. The molecule has 0 radical (unpaired) electrons. The van der Waals surface area contributed by atoms with E-state index in [0.29, 0.717) is 25.7 Å². The smallest absolute Gasteiger partial charge is 0.129 e. The molecule has 1 unspecified atom stereocenters. The van der Waals surface area contributed by atoms with Crippen molar-refractivity contribution in [2.45, 2.75) is 89.9 Å². The van der Waals surface area contributed by atoms with Gasteiger partial charge in [0, 0.05) is 6.42 Å². The SMILES string of the molecule is CC(=O)CCCCCC[C@@H]1[C@@H](CCC(O)c2ccc3cc(C)ccc3c2)[C@H](O)C[C@@H]1O. The van der Waals surface area contributed by atoms with E-state index in [4.69, 9.17) is 0 Å². The third-order valence-corrected chi connectivity index (χ3v) is 7.02. The molecule has 0 heterocycles. The third kappa shape index (κ3) is 6.61. The molecule has 170 valence electrons. The molecular weight excluding hydrogens is 388 g/mol. The van der Waals surface area contributed by atoms with Crippen LogP contribution in [0.2, 0.25) is 0 Å². The number of carbonyl (C=O) groups is 1. The van der Waals surface area contributed by atoms with Crippen molar-refractivity contribution in [3.8, 4) is 0 Å². The number of benzene rings is 2. The number of fused-ring (bicyclic) bond motifs is 1. The normalized spacial score (nSPS) is 24.5. The summed E-state index contributed by atoms with van der Waals surface area (Å²) in [4.78, 5) is 11.0. The molecule has 3 N–H and O–H groups in total. The molecule has 4 nitrogen and oxygen atoms in total. The maximum absolute atomic E-state index is 11.0. The van der Waals surface area contributed by atoms with E-state index < -0.39 is 18.3 Å². The molecule has 2 aromatic rings. The maximum atomic E-state index is 11.0. The Morgan fingerprint density at radius 1 is 0.935 bits per heavy atom. The summed E-state index contributed by atoms with van der Waals surface area (Å²) in [5.74, 6) is 0.369. The number of aliphatic hydroxyl groups is 3. The Kier molecular flexibility index (Phi) is 8.65. The van der Waals surface area contributed by atoms with Crippen molar-refractivity contribution in [2.75, 3.05) is 0 Å². The molecular formula is C27H38O4. The minimum Gasteiger partial charge on any atom is -0.393 e. The molecule has 0 aromatic heterocycles. The van der Waals surface area contributed by atoms with Gasteiger partial charge in [-0.15, -0.1) is 0 Å². The Morgan fingerprint density at radius 3 is 2.32 bits per heavy atom. The van der Waals surface area contributed by atoms with E-state index in [0.717, 1.165) is 43.1 Å². The van der Waals surface area contributed by atoms with Gasteiger partial charge in [0.1, 0.15) is 5.78 Å². The number of aliphatic hydroxyl groups excluding tert-OH is 3. The molecule has 3 rings (SSSR count).